The highest BCUT2D eigenvalue weighted by Gasteiger charge is 2.32. The van der Waals surface area contributed by atoms with Crippen molar-refractivity contribution in [2.45, 2.75) is 19.3 Å². The summed E-state index contributed by atoms with van der Waals surface area (Å²) in [7, 11) is 0. The van der Waals surface area contributed by atoms with Crippen LogP contribution < -0.4 is 9.47 Å². The van der Waals surface area contributed by atoms with Gasteiger partial charge in [-0.2, -0.15) is 0 Å². The van der Waals surface area contributed by atoms with Gasteiger partial charge in [-0.25, -0.2) is 0 Å². The number of carbonyl (C=O) groups excluding carboxylic acids is 2. The lowest BCUT2D eigenvalue weighted by Crippen LogP contribution is -2.32. The number of carbonyl (C=O) groups is 2. The Labute approximate surface area is 140 Å². The van der Waals surface area contributed by atoms with E-state index in [-0.39, 0.29) is 19.2 Å². The quantitative estimate of drug-likeness (QED) is 0.624. The second kappa shape index (κ2) is 6.35. The van der Waals surface area contributed by atoms with Crippen LogP contribution >= 0.6 is 0 Å². The number of esters is 1. The molecule has 0 N–H and O–H groups in total. The van der Waals surface area contributed by atoms with Crippen molar-refractivity contribution in [1.29, 1.82) is 0 Å². The summed E-state index contributed by atoms with van der Waals surface area (Å²) >= 11 is 0. The summed E-state index contributed by atoms with van der Waals surface area (Å²) in [4.78, 5) is 24.6. The topological polar surface area (TPSA) is 61.8 Å². The van der Waals surface area contributed by atoms with Gasteiger partial charge in [0.15, 0.2) is 23.9 Å². The lowest BCUT2D eigenvalue weighted by Gasteiger charge is -2.22. The third kappa shape index (κ3) is 3.11. The van der Waals surface area contributed by atoms with Crippen LogP contribution in [0.3, 0.4) is 0 Å². The van der Waals surface area contributed by atoms with Gasteiger partial charge in [0, 0.05) is 5.56 Å². The van der Waals surface area contributed by atoms with Crippen LogP contribution in [0.4, 0.5) is 0 Å². The van der Waals surface area contributed by atoms with Crippen molar-refractivity contribution < 1.29 is 23.8 Å². The number of fused-ring (bicyclic) bond motifs is 1. The van der Waals surface area contributed by atoms with Crippen molar-refractivity contribution in [3.8, 4) is 11.5 Å². The fourth-order valence-electron chi connectivity index (χ4n) is 2.44. The first-order chi connectivity index (χ1) is 11.5. The number of benzene rings is 2. The van der Waals surface area contributed by atoms with E-state index in [1.54, 1.807) is 32.0 Å². The van der Waals surface area contributed by atoms with Crippen molar-refractivity contribution in [1.82, 2.24) is 0 Å². The van der Waals surface area contributed by atoms with Gasteiger partial charge in [0.1, 0.15) is 0 Å². The Morgan fingerprint density at radius 2 is 1.75 bits per heavy atom. The fraction of sp³-hybridized carbons (Fsp3) is 0.263. The van der Waals surface area contributed by atoms with Crippen LogP contribution in [0.2, 0.25) is 0 Å². The molecule has 0 bridgehead atoms. The number of rotatable bonds is 5. The largest absolute Gasteiger partial charge is 0.457 e. The smallest absolute Gasteiger partial charge is 0.316 e. The molecule has 0 aromatic heterocycles. The molecule has 0 fully saturated rings. The van der Waals surface area contributed by atoms with Gasteiger partial charge in [0.25, 0.3) is 0 Å². The summed E-state index contributed by atoms with van der Waals surface area (Å²) in [5.74, 6) is 0.402. The Hall–Kier alpha value is -2.82. The highest BCUT2D eigenvalue weighted by molar-refractivity contribution is 5.99. The van der Waals surface area contributed by atoms with Crippen LogP contribution in [0.1, 0.15) is 29.8 Å². The molecule has 0 saturated carbocycles. The highest BCUT2D eigenvalue weighted by atomic mass is 16.7. The van der Waals surface area contributed by atoms with Crippen LogP contribution in [0.15, 0.2) is 48.5 Å². The Balaban J connectivity index is 1.65. The molecule has 1 aliphatic heterocycles. The molecule has 5 nitrogen and oxygen atoms in total. The second-order valence-electron chi connectivity index (χ2n) is 6.06. The average molecular weight is 326 g/mol. The van der Waals surface area contributed by atoms with Crippen LogP contribution in [-0.2, 0) is 14.9 Å². The molecule has 0 amide bonds. The van der Waals surface area contributed by atoms with Crippen LogP contribution in [0.5, 0.6) is 11.5 Å². The van der Waals surface area contributed by atoms with E-state index in [0.717, 1.165) is 5.56 Å². The highest BCUT2D eigenvalue weighted by Crippen LogP contribution is 2.32. The molecule has 24 heavy (non-hydrogen) atoms. The molecule has 0 aliphatic carbocycles. The van der Waals surface area contributed by atoms with Gasteiger partial charge in [-0.3, -0.25) is 9.59 Å². The molecule has 1 heterocycles. The van der Waals surface area contributed by atoms with E-state index in [1.165, 1.54) is 0 Å². The van der Waals surface area contributed by atoms with E-state index < -0.39 is 11.4 Å². The minimum absolute atomic E-state index is 0.146. The standard InChI is InChI=1S/C19H18O5/c1-19(2,14-6-4-3-5-7-14)18(21)22-11-15(20)13-8-9-16-17(10-13)24-12-23-16/h3-10H,11-12H2,1-2H3. The van der Waals surface area contributed by atoms with Crippen molar-refractivity contribution >= 4 is 11.8 Å². The first kappa shape index (κ1) is 16.1. The lowest BCUT2D eigenvalue weighted by atomic mass is 9.85. The molecule has 0 radical (unpaired) electrons. The predicted octanol–water partition coefficient (Wildman–Crippen LogP) is 3.12. The molecule has 0 saturated heterocycles. The van der Waals surface area contributed by atoms with Crippen LogP contribution in [-0.4, -0.2) is 25.2 Å². The third-order valence-electron chi connectivity index (χ3n) is 4.03. The minimum atomic E-state index is -0.823. The van der Waals surface area contributed by atoms with Gasteiger partial charge in [-0.05, 0) is 37.6 Å². The van der Waals surface area contributed by atoms with Gasteiger partial charge in [-0.1, -0.05) is 30.3 Å². The van der Waals surface area contributed by atoms with Gasteiger partial charge in [0.05, 0.1) is 5.41 Å². The molecule has 0 spiro atoms. The molecule has 124 valence electrons. The molecular weight excluding hydrogens is 308 g/mol. The first-order valence-corrected chi connectivity index (χ1v) is 7.64. The van der Waals surface area contributed by atoms with Gasteiger partial charge >= 0.3 is 5.97 Å². The summed E-state index contributed by atoms with van der Waals surface area (Å²) in [6.07, 6.45) is 0. The Morgan fingerprint density at radius 1 is 1.04 bits per heavy atom. The van der Waals surface area contributed by atoms with Crippen molar-refractivity contribution in [3.05, 3.63) is 59.7 Å². The fourth-order valence-corrected chi connectivity index (χ4v) is 2.44. The minimum Gasteiger partial charge on any atom is -0.457 e. The zero-order valence-corrected chi connectivity index (χ0v) is 13.6. The molecule has 5 heteroatoms. The molecule has 2 aromatic carbocycles. The molecule has 0 unspecified atom stereocenters. The van der Waals surface area contributed by atoms with E-state index in [0.29, 0.717) is 17.1 Å². The maximum atomic E-state index is 12.4. The van der Waals surface area contributed by atoms with Crippen LogP contribution in [0, 0.1) is 0 Å². The Bertz CT molecular complexity index is 765. The molecule has 0 atom stereocenters. The number of Topliss-reactive ketones (excluding diaryl/α,β-unsaturated/α-hetero) is 1. The summed E-state index contributed by atoms with van der Waals surface area (Å²) in [6.45, 7) is 3.38. The van der Waals surface area contributed by atoms with E-state index in [2.05, 4.69) is 0 Å². The normalized spacial score (nSPS) is 12.8. The van der Waals surface area contributed by atoms with Crippen LogP contribution in [0.25, 0.3) is 0 Å². The average Bonchev–Trinajstić information content (AvgIpc) is 3.07. The summed E-state index contributed by atoms with van der Waals surface area (Å²) in [5, 5.41) is 0. The number of ketones is 1. The van der Waals surface area contributed by atoms with Gasteiger partial charge in [-0.15, -0.1) is 0 Å². The molecule has 3 rings (SSSR count). The van der Waals surface area contributed by atoms with E-state index in [9.17, 15) is 9.59 Å². The van der Waals surface area contributed by atoms with Crippen molar-refractivity contribution in [2.75, 3.05) is 13.4 Å². The summed E-state index contributed by atoms with van der Waals surface area (Å²) in [6, 6.07) is 14.2. The monoisotopic (exact) mass is 326 g/mol. The molecule has 2 aromatic rings. The number of hydrogen-bond donors (Lipinski definition) is 0. The SMILES string of the molecule is CC(C)(C(=O)OCC(=O)c1ccc2c(c1)OCO2)c1ccccc1. The molecular formula is C19H18O5. The second-order valence-corrected chi connectivity index (χ2v) is 6.06. The first-order valence-electron chi connectivity index (χ1n) is 7.64. The Kier molecular flexibility index (Phi) is 4.25. The lowest BCUT2D eigenvalue weighted by molar-refractivity contribution is -0.148. The van der Waals surface area contributed by atoms with Gasteiger partial charge < -0.3 is 14.2 Å². The van der Waals surface area contributed by atoms with E-state index >= 15 is 0 Å². The number of ether oxygens (including phenoxy) is 3. The maximum absolute atomic E-state index is 12.4. The van der Waals surface area contributed by atoms with E-state index in [1.807, 2.05) is 30.3 Å². The number of hydrogen-bond acceptors (Lipinski definition) is 5. The zero-order valence-electron chi connectivity index (χ0n) is 13.6. The van der Waals surface area contributed by atoms with Crippen molar-refractivity contribution in [2.24, 2.45) is 0 Å². The molecule has 1 aliphatic rings. The third-order valence-corrected chi connectivity index (χ3v) is 4.03. The van der Waals surface area contributed by atoms with Gasteiger partial charge in [0.2, 0.25) is 6.79 Å². The summed E-state index contributed by atoms with van der Waals surface area (Å²) in [5.41, 5.74) is 0.436. The maximum Gasteiger partial charge on any atom is 0.316 e. The predicted molar refractivity (Wildman–Crippen MR) is 87.3 cm³/mol. The summed E-state index contributed by atoms with van der Waals surface area (Å²) < 4.78 is 15.7. The van der Waals surface area contributed by atoms with E-state index in [4.69, 9.17) is 14.2 Å². The zero-order chi connectivity index (χ0) is 17.2. The van der Waals surface area contributed by atoms with Crippen molar-refractivity contribution in [3.63, 3.8) is 0 Å². The Morgan fingerprint density at radius 3 is 2.50 bits per heavy atom.